The van der Waals surface area contributed by atoms with Gasteiger partial charge in [-0.15, -0.1) is 0 Å². The SMILES string of the molecule is COCC1(C(N)=O)CCCN1CC(=O)N(C)C1(C#N)CCCCC1. The van der Waals surface area contributed by atoms with Crippen molar-refractivity contribution in [2.75, 3.05) is 33.9 Å². The van der Waals surface area contributed by atoms with E-state index in [0.29, 0.717) is 25.8 Å². The summed E-state index contributed by atoms with van der Waals surface area (Å²) >= 11 is 0. The molecule has 2 N–H and O–H groups in total. The molecule has 1 saturated heterocycles. The number of likely N-dealkylation sites (tertiary alicyclic amines) is 1. The molecule has 0 bridgehead atoms. The van der Waals surface area contributed by atoms with Gasteiger partial charge in [0.25, 0.3) is 0 Å². The number of carbonyl (C=O) groups excluding carboxylic acids is 2. The van der Waals surface area contributed by atoms with Crippen LogP contribution in [-0.2, 0) is 14.3 Å². The molecular formula is C17H28N4O3. The Kier molecular flexibility index (Phi) is 5.83. The molecule has 0 aromatic rings. The summed E-state index contributed by atoms with van der Waals surface area (Å²) in [5.41, 5.74) is 3.98. The first-order chi connectivity index (χ1) is 11.4. The third-order valence-electron chi connectivity index (χ3n) is 5.70. The average Bonchev–Trinajstić information content (AvgIpc) is 2.98. The fraction of sp³-hybridized carbons (Fsp3) is 0.824. The lowest BCUT2D eigenvalue weighted by atomic mass is 9.81. The summed E-state index contributed by atoms with van der Waals surface area (Å²) in [6.45, 7) is 0.903. The normalized spacial score (nSPS) is 26.7. The molecule has 24 heavy (non-hydrogen) atoms. The number of hydrogen-bond donors (Lipinski definition) is 1. The highest BCUT2D eigenvalue weighted by Gasteiger charge is 2.48. The summed E-state index contributed by atoms with van der Waals surface area (Å²) in [6.07, 6.45) is 5.85. The zero-order chi connectivity index (χ0) is 17.8. The number of likely N-dealkylation sites (N-methyl/N-ethyl adjacent to an activating group) is 1. The quantitative estimate of drug-likeness (QED) is 0.767. The lowest BCUT2D eigenvalue weighted by molar-refractivity contribution is -0.141. The molecule has 2 rings (SSSR count). The minimum atomic E-state index is -0.919. The fourth-order valence-electron chi connectivity index (χ4n) is 4.08. The van der Waals surface area contributed by atoms with Gasteiger partial charge in [0, 0.05) is 14.2 Å². The molecule has 1 aliphatic carbocycles. The van der Waals surface area contributed by atoms with E-state index >= 15 is 0 Å². The van der Waals surface area contributed by atoms with Gasteiger partial charge in [-0.25, -0.2) is 0 Å². The van der Waals surface area contributed by atoms with Crippen LogP contribution in [0.2, 0.25) is 0 Å². The third-order valence-corrected chi connectivity index (χ3v) is 5.70. The number of ether oxygens (including phenoxy) is 1. The standard InChI is InChI=1S/C17H28N4O3/c1-20(16(12-18)7-4-3-5-8-16)14(22)11-21-10-6-9-17(21,13-24-2)15(19)23/h3-11,13H2,1-2H3,(H2,19,23). The third kappa shape index (κ3) is 3.26. The Hall–Kier alpha value is -1.65. The maximum atomic E-state index is 12.8. The Morgan fingerprint density at radius 1 is 1.25 bits per heavy atom. The summed E-state index contributed by atoms with van der Waals surface area (Å²) < 4.78 is 5.20. The number of rotatable bonds is 6. The van der Waals surface area contributed by atoms with Gasteiger partial charge in [-0.2, -0.15) is 5.26 Å². The lowest BCUT2D eigenvalue weighted by Crippen LogP contribution is -2.60. The smallest absolute Gasteiger partial charge is 0.240 e. The predicted molar refractivity (Wildman–Crippen MR) is 88.8 cm³/mol. The highest BCUT2D eigenvalue weighted by Crippen LogP contribution is 2.34. The zero-order valence-electron chi connectivity index (χ0n) is 14.7. The van der Waals surface area contributed by atoms with E-state index in [1.807, 2.05) is 4.90 Å². The molecule has 1 saturated carbocycles. The van der Waals surface area contributed by atoms with Crippen molar-refractivity contribution >= 4 is 11.8 Å². The summed E-state index contributed by atoms with van der Waals surface area (Å²) in [4.78, 5) is 28.2. The van der Waals surface area contributed by atoms with Crippen LogP contribution >= 0.6 is 0 Å². The van der Waals surface area contributed by atoms with Crippen LogP contribution in [0.4, 0.5) is 0 Å². The van der Waals surface area contributed by atoms with E-state index in [1.165, 1.54) is 7.11 Å². The Labute approximate surface area is 143 Å². The minimum Gasteiger partial charge on any atom is -0.382 e. The molecule has 1 atom stereocenters. The van der Waals surface area contributed by atoms with E-state index in [1.54, 1.807) is 11.9 Å². The number of hydrogen-bond acceptors (Lipinski definition) is 5. The van der Waals surface area contributed by atoms with Gasteiger partial charge in [-0.05, 0) is 32.2 Å². The van der Waals surface area contributed by atoms with E-state index in [2.05, 4.69) is 6.07 Å². The van der Waals surface area contributed by atoms with Crippen molar-refractivity contribution in [1.82, 2.24) is 9.80 Å². The van der Waals surface area contributed by atoms with Crippen LogP contribution in [0.15, 0.2) is 0 Å². The molecule has 1 heterocycles. The highest BCUT2D eigenvalue weighted by atomic mass is 16.5. The first-order valence-electron chi connectivity index (χ1n) is 8.64. The second kappa shape index (κ2) is 7.49. The molecule has 7 nitrogen and oxygen atoms in total. The molecule has 0 radical (unpaired) electrons. The van der Waals surface area contributed by atoms with Gasteiger partial charge in [0.1, 0.15) is 11.1 Å². The number of nitrogens with two attached hydrogens (primary N) is 1. The molecule has 134 valence electrons. The number of nitriles is 1. The van der Waals surface area contributed by atoms with Gasteiger partial charge in [-0.3, -0.25) is 14.5 Å². The molecule has 1 aliphatic heterocycles. The predicted octanol–water partition coefficient (Wildman–Crippen LogP) is 0.638. The molecule has 0 spiro atoms. The van der Waals surface area contributed by atoms with Gasteiger partial charge in [0.15, 0.2) is 0 Å². The maximum absolute atomic E-state index is 12.8. The van der Waals surface area contributed by atoms with Crippen LogP contribution in [0, 0.1) is 11.3 Å². The molecule has 2 amide bonds. The van der Waals surface area contributed by atoms with Crippen molar-refractivity contribution in [3.05, 3.63) is 0 Å². The van der Waals surface area contributed by atoms with Crippen molar-refractivity contribution in [2.45, 2.75) is 56.0 Å². The van der Waals surface area contributed by atoms with E-state index in [4.69, 9.17) is 10.5 Å². The van der Waals surface area contributed by atoms with E-state index in [0.717, 1.165) is 25.7 Å². The van der Waals surface area contributed by atoms with E-state index in [9.17, 15) is 14.9 Å². The molecule has 2 fully saturated rings. The van der Waals surface area contributed by atoms with E-state index in [-0.39, 0.29) is 19.1 Å². The van der Waals surface area contributed by atoms with Crippen molar-refractivity contribution in [3.63, 3.8) is 0 Å². The Balaban J connectivity index is 2.13. The van der Waals surface area contributed by atoms with Crippen LogP contribution < -0.4 is 5.73 Å². The van der Waals surface area contributed by atoms with E-state index < -0.39 is 17.0 Å². The van der Waals surface area contributed by atoms with Crippen LogP contribution in [-0.4, -0.2) is 66.5 Å². The average molecular weight is 336 g/mol. The summed E-state index contributed by atoms with van der Waals surface area (Å²) in [7, 11) is 3.23. The number of nitrogens with zero attached hydrogens (tertiary/aromatic N) is 3. The van der Waals surface area contributed by atoms with Crippen molar-refractivity contribution in [1.29, 1.82) is 5.26 Å². The fourth-order valence-corrected chi connectivity index (χ4v) is 4.08. The number of amides is 2. The van der Waals surface area contributed by atoms with Crippen LogP contribution in [0.25, 0.3) is 0 Å². The first kappa shape index (κ1) is 18.7. The topological polar surface area (TPSA) is 99.7 Å². The molecular weight excluding hydrogens is 308 g/mol. The van der Waals surface area contributed by atoms with Crippen LogP contribution in [0.1, 0.15) is 44.9 Å². The molecule has 0 aromatic carbocycles. The molecule has 0 aromatic heterocycles. The second-order valence-electron chi connectivity index (χ2n) is 7.01. The van der Waals surface area contributed by atoms with Crippen molar-refractivity contribution in [3.8, 4) is 6.07 Å². The van der Waals surface area contributed by atoms with Gasteiger partial charge in [0.2, 0.25) is 11.8 Å². The summed E-state index contributed by atoms with van der Waals surface area (Å²) in [5.74, 6) is -0.591. The van der Waals surface area contributed by atoms with Gasteiger partial charge in [-0.1, -0.05) is 19.3 Å². The van der Waals surface area contributed by atoms with Crippen LogP contribution in [0.5, 0.6) is 0 Å². The van der Waals surface area contributed by atoms with Crippen molar-refractivity contribution in [2.24, 2.45) is 5.73 Å². The number of primary amides is 1. The highest BCUT2D eigenvalue weighted by molar-refractivity contribution is 5.87. The van der Waals surface area contributed by atoms with Gasteiger partial charge < -0.3 is 15.4 Å². The first-order valence-corrected chi connectivity index (χ1v) is 8.64. The van der Waals surface area contributed by atoms with Gasteiger partial charge in [0.05, 0.1) is 19.2 Å². The largest absolute Gasteiger partial charge is 0.382 e. The molecule has 1 unspecified atom stereocenters. The lowest BCUT2D eigenvalue weighted by Gasteiger charge is -2.41. The molecule has 7 heteroatoms. The Morgan fingerprint density at radius 3 is 2.46 bits per heavy atom. The number of carbonyl (C=O) groups is 2. The van der Waals surface area contributed by atoms with Gasteiger partial charge >= 0.3 is 0 Å². The summed E-state index contributed by atoms with van der Waals surface area (Å²) in [6, 6.07) is 2.36. The Morgan fingerprint density at radius 2 is 1.92 bits per heavy atom. The van der Waals surface area contributed by atoms with Crippen LogP contribution in [0.3, 0.4) is 0 Å². The minimum absolute atomic E-state index is 0.0895. The maximum Gasteiger partial charge on any atom is 0.240 e. The zero-order valence-corrected chi connectivity index (χ0v) is 14.7. The molecule has 2 aliphatic rings. The number of methoxy groups -OCH3 is 1. The van der Waals surface area contributed by atoms with Crippen molar-refractivity contribution < 1.29 is 14.3 Å². The Bertz CT molecular complexity index is 524. The summed E-state index contributed by atoms with van der Waals surface area (Å²) in [5, 5.41) is 9.65. The second-order valence-corrected chi connectivity index (χ2v) is 7.01. The monoisotopic (exact) mass is 336 g/mol.